The minimum atomic E-state index is 0.559. The largest absolute Gasteiger partial charge is 0.477 e. The van der Waals surface area contributed by atoms with Gasteiger partial charge in [0.25, 0.3) is 0 Å². The van der Waals surface area contributed by atoms with Gasteiger partial charge in [-0.15, -0.1) is 0 Å². The molecular weight excluding hydrogens is 242 g/mol. The smallest absolute Gasteiger partial charge is 0.224 e. The van der Waals surface area contributed by atoms with Crippen molar-refractivity contribution in [3.8, 4) is 5.88 Å². The van der Waals surface area contributed by atoms with Crippen LogP contribution in [-0.4, -0.2) is 46.1 Å². The molecule has 100 valence electrons. The van der Waals surface area contributed by atoms with Gasteiger partial charge in [0.05, 0.1) is 12.2 Å². The quantitative estimate of drug-likeness (QED) is 0.474. The number of ether oxygens (including phenoxy) is 1. The molecule has 0 radical (unpaired) electrons. The summed E-state index contributed by atoms with van der Waals surface area (Å²) in [5, 5.41) is 6.22. The lowest BCUT2D eigenvalue weighted by atomic mass is 10.2. The third-order valence-electron chi connectivity index (χ3n) is 2.34. The van der Waals surface area contributed by atoms with Gasteiger partial charge < -0.3 is 9.75 Å². The number of aromatic nitrogens is 3. The Bertz CT molecular complexity index is 548. The van der Waals surface area contributed by atoms with E-state index in [0.717, 1.165) is 11.4 Å². The first kappa shape index (κ1) is 13.1. The van der Waals surface area contributed by atoms with Gasteiger partial charge in [-0.05, 0) is 19.1 Å². The van der Waals surface area contributed by atoms with E-state index < -0.39 is 0 Å². The molecule has 0 saturated heterocycles. The lowest BCUT2D eigenvalue weighted by Gasteiger charge is -2.14. The van der Waals surface area contributed by atoms with Crippen LogP contribution < -0.4 is 4.74 Å². The number of rotatable bonds is 4. The summed E-state index contributed by atoms with van der Waals surface area (Å²) in [6.07, 6.45) is 6.95. The minimum Gasteiger partial charge on any atom is -0.477 e. The first-order valence-electron chi connectivity index (χ1n) is 6.04. The molecule has 2 rings (SSSR count). The van der Waals surface area contributed by atoms with Crippen molar-refractivity contribution in [2.45, 2.75) is 6.92 Å². The topological polar surface area (TPSA) is 55.5 Å². The van der Waals surface area contributed by atoms with Crippen molar-refractivity contribution in [2.75, 3.05) is 20.7 Å². The van der Waals surface area contributed by atoms with Crippen LogP contribution in [-0.2, 0) is 0 Å². The summed E-state index contributed by atoms with van der Waals surface area (Å²) in [7, 11) is 3.74. The van der Waals surface area contributed by atoms with E-state index >= 15 is 0 Å². The van der Waals surface area contributed by atoms with Gasteiger partial charge in [-0.25, -0.2) is 9.97 Å². The number of pyridine rings is 1. The van der Waals surface area contributed by atoms with E-state index in [2.05, 4.69) is 15.1 Å². The lowest BCUT2D eigenvalue weighted by molar-refractivity contribution is 0.326. The average Bonchev–Trinajstić information content (AvgIpc) is 2.91. The summed E-state index contributed by atoms with van der Waals surface area (Å²) < 4.78 is 7.39. The van der Waals surface area contributed by atoms with Gasteiger partial charge in [-0.3, -0.25) is 4.57 Å². The van der Waals surface area contributed by atoms with Crippen LogP contribution in [0.3, 0.4) is 0 Å². The van der Waals surface area contributed by atoms with Gasteiger partial charge in [-0.1, -0.05) is 0 Å². The number of imidazole rings is 1. The molecule has 0 amide bonds. The molecule has 6 nitrogen and oxygen atoms in total. The van der Waals surface area contributed by atoms with E-state index in [1.165, 1.54) is 0 Å². The summed E-state index contributed by atoms with van der Waals surface area (Å²) in [5.41, 5.74) is 0.830. The maximum absolute atomic E-state index is 5.55. The van der Waals surface area contributed by atoms with Gasteiger partial charge in [0, 0.05) is 32.7 Å². The molecule has 0 saturated carbocycles. The molecule has 0 aliphatic heterocycles. The fourth-order valence-electron chi connectivity index (χ4n) is 1.63. The van der Waals surface area contributed by atoms with Crippen LogP contribution in [0.4, 0.5) is 0 Å². The summed E-state index contributed by atoms with van der Waals surface area (Å²) in [6, 6.07) is 3.79. The van der Waals surface area contributed by atoms with Crippen LogP contribution in [0.25, 0.3) is 0 Å². The van der Waals surface area contributed by atoms with Crippen LogP contribution in [0.2, 0.25) is 0 Å². The first-order valence-corrected chi connectivity index (χ1v) is 6.04. The maximum atomic E-state index is 5.55. The highest BCUT2D eigenvalue weighted by molar-refractivity contribution is 6.01. The van der Waals surface area contributed by atoms with Gasteiger partial charge in [-0.2, -0.15) is 5.10 Å². The van der Waals surface area contributed by atoms with Crippen molar-refractivity contribution in [1.82, 2.24) is 19.5 Å². The second-order valence-corrected chi connectivity index (χ2v) is 4.03. The highest BCUT2D eigenvalue weighted by Gasteiger charge is 2.13. The van der Waals surface area contributed by atoms with Crippen molar-refractivity contribution in [3.05, 3.63) is 42.6 Å². The zero-order valence-corrected chi connectivity index (χ0v) is 11.3. The highest BCUT2D eigenvalue weighted by atomic mass is 16.5. The predicted octanol–water partition coefficient (Wildman–Crippen LogP) is 1.45. The first-order chi connectivity index (χ1) is 9.22. The van der Waals surface area contributed by atoms with Crippen molar-refractivity contribution in [3.63, 3.8) is 0 Å². The number of nitrogens with zero attached hydrogens (tertiary/aromatic N) is 5. The molecule has 2 heterocycles. The molecule has 6 heteroatoms. The van der Waals surface area contributed by atoms with Crippen LogP contribution in [0.1, 0.15) is 12.5 Å². The van der Waals surface area contributed by atoms with E-state index in [1.54, 1.807) is 23.7 Å². The number of hydrogen-bond acceptors (Lipinski definition) is 5. The normalized spacial score (nSPS) is 11.4. The molecule has 0 N–H and O–H groups in total. The monoisotopic (exact) mass is 259 g/mol. The fraction of sp³-hybridized carbons (Fsp3) is 0.308. The standard InChI is InChI=1S/C13H17N5O/c1-4-19-13-11(6-5-7-15-13)12(16-17(2)3)18-9-8-14-10-18/h5-10H,4H2,1-3H3/b16-12+. The van der Waals surface area contributed by atoms with E-state index in [0.29, 0.717) is 12.5 Å². The highest BCUT2D eigenvalue weighted by Crippen LogP contribution is 2.16. The van der Waals surface area contributed by atoms with Gasteiger partial charge in [0.1, 0.15) is 6.33 Å². The Morgan fingerprint density at radius 2 is 2.26 bits per heavy atom. The van der Waals surface area contributed by atoms with E-state index in [-0.39, 0.29) is 0 Å². The lowest BCUT2D eigenvalue weighted by Crippen LogP contribution is -2.18. The molecule has 0 atom stereocenters. The fourth-order valence-corrected chi connectivity index (χ4v) is 1.63. The van der Waals surface area contributed by atoms with Crippen molar-refractivity contribution < 1.29 is 4.74 Å². The Morgan fingerprint density at radius 3 is 2.89 bits per heavy atom. The zero-order valence-electron chi connectivity index (χ0n) is 11.3. The molecule has 19 heavy (non-hydrogen) atoms. The predicted molar refractivity (Wildman–Crippen MR) is 73.3 cm³/mol. The van der Waals surface area contributed by atoms with Gasteiger partial charge in [0.2, 0.25) is 5.88 Å². The summed E-state index contributed by atoms with van der Waals surface area (Å²) in [4.78, 5) is 8.31. The summed E-state index contributed by atoms with van der Waals surface area (Å²) in [6.45, 7) is 2.49. The molecule has 0 aliphatic rings. The Hall–Kier alpha value is -2.37. The average molecular weight is 259 g/mol. The molecule has 0 spiro atoms. The molecule has 0 aliphatic carbocycles. The zero-order chi connectivity index (χ0) is 13.7. The SMILES string of the molecule is CCOc1ncccc1/C(=N\N(C)C)n1ccnc1. The van der Waals surface area contributed by atoms with Crippen LogP contribution >= 0.6 is 0 Å². The van der Waals surface area contributed by atoms with Crippen LogP contribution in [0.5, 0.6) is 5.88 Å². The minimum absolute atomic E-state index is 0.559. The Kier molecular flexibility index (Phi) is 4.12. The van der Waals surface area contributed by atoms with Gasteiger partial charge in [0.15, 0.2) is 5.84 Å². The van der Waals surface area contributed by atoms with E-state index in [1.807, 2.05) is 43.9 Å². The maximum Gasteiger partial charge on any atom is 0.224 e. The molecule has 2 aromatic heterocycles. The summed E-state index contributed by atoms with van der Waals surface area (Å²) in [5.74, 6) is 1.29. The molecular formula is C13H17N5O. The molecule has 0 fully saturated rings. The molecule has 0 unspecified atom stereocenters. The number of hydrazone groups is 1. The van der Waals surface area contributed by atoms with Crippen molar-refractivity contribution in [2.24, 2.45) is 5.10 Å². The third kappa shape index (κ3) is 3.09. The Labute approximate surface area is 112 Å². The van der Waals surface area contributed by atoms with Gasteiger partial charge >= 0.3 is 0 Å². The van der Waals surface area contributed by atoms with E-state index in [4.69, 9.17) is 4.74 Å². The third-order valence-corrected chi connectivity index (χ3v) is 2.34. The number of hydrogen-bond donors (Lipinski definition) is 0. The molecule has 2 aromatic rings. The second kappa shape index (κ2) is 5.99. The second-order valence-electron chi connectivity index (χ2n) is 4.03. The van der Waals surface area contributed by atoms with Crippen molar-refractivity contribution in [1.29, 1.82) is 0 Å². The van der Waals surface area contributed by atoms with Crippen molar-refractivity contribution >= 4 is 5.84 Å². The molecule has 0 bridgehead atoms. The molecule has 0 aromatic carbocycles. The van der Waals surface area contributed by atoms with E-state index in [9.17, 15) is 0 Å². The Balaban J connectivity index is 2.50. The van der Waals surface area contributed by atoms with Crippen LogP contribution in [0, 0.1) is 0 Å². The van der Waals surface area contributed by atoms with Crippen LogP contribution in [0.15, 0.2) is 42.2 Å². The summed E-state index contributed by atoms with van der Waals surface area (Å²) >= 11 is 0. The Morgan fingerprint density at radius 1 is 1.42 bits per heavy atom.